The maximum atomic E-state index is 4.28. The van der Waals surface area contributed by atoms with Crippen LogP contribution in [0.3, 0.4) is 0 Å². The molecule has 0 radical (unpaired) electrons. The van der Waals surface area contributed by atoms with Crippen LogP contribution in [0.25, 0.3) is 22.2 Å². The van der Waals surface area contributed by atoms with Crippen LogP contribution < -0.4 is 5.32 Å². The van der Waals surface area contributed by atoms with E-state index >= 15 is 0 Å². The molecule has 0 saturated heterocycles. The van der Waals surface area contributed by atoms with Crippen LogP contribution >= 0.6 is 0 Å². The minimum Gasteiger partial charge on any atom is -0.345 e. The van der Waals surface area contributed by atoms with Crippen molar-refractivity contribution in [2.45, 2.75) is 46.1 Å². The topological polar surface area (TPSA) is 40.7 Å². The largest absolute Gasteiger partial charge is 0.345 e. The second-order valence-electron chi connectivity index (χ2n) is 8.57. The standard InChI is InChI=1S/C23H29N3/c1-23(2)11-9-18(10-12-23)15-24-14-17-3-5-19(6-4-17)20-7-8-21-22(13-20)26-16-25-21/h3-8,13,16,18,24H,9-12,14-15H2,1-2H3,(H,25,26). The van der Waals surface area contributed by atoms with E-state index < -0.39 is 0 Å². The fourth-order valence-electron chi connectivity index (χ4n) is 4.01. The van der Waals surface area contributed by atoms with E-state index in [-0.39, 0.29) is 0 Å². The molecule has 1 aromatic heterocycles. The molecule has 1 aliphatic rings. The number of hydrogen-bond donors (Lipinski definition) is 2. The lowest BCUT2D eigenvalue weighted by atomic mass is 9.73. The van der Waals surface area contributed by atoms with Gasteiger partial charge in [-0.05, 0) is 72.4 Å². The van der Waals surface area contributed by atoms with Gasteiger partial charge in [0.15, 0.2) is 0 Å². The molecule has 0 aliphatic heterocycles. The molecule has 0 bridgehead atoms. The summed E-state index contributed by atoms with van der Waals surface area (Å²) in [7, 11) is 0. The van der Waals surface area contributed by atoms with E-state index in [0.29, 0.717) is 5.41 Å². The maximum absolute atomic E-state index is 4.28. The smallest absolute Gasteiger partial charge is 0.0931 e. The van der Waals surface area contributed by atoms with E-state index in [1.807, 2.05) is 0 Å². The SMILES string of the molecule is CC1(C)CCC(CNCc2ccc(-c3ccc4nc[nH]c4c3)cc2)CC1. The van der Waals surface area contributed by atoms with Gasteiger partial charge in [0.25, 0.3) is 0 Å². The zero-order valence-electron chi connectivity index (χ0n) is 15.9. The molecule has 26 heavy (non-hydrogen) atoms. The van der Waals surface area contributed by atoms with Crippen LogP contribution in [0.2, 0.25) is 0 Å². The third-order valence-corrected chi connectivity index (χ3v) is 5.93. The molecular weight excluding hydrogens is 318 g/mol. The number of imidazole rings is 1. The Bertz CT molecular complexity index is 851. The van der Waals surface area contributed by atoms with Crippen LogP contribution in [0.15, 0.2) is 48.8 Å². The van der Waals surface area contributed by atoms with Crippen molar-refractivity contribution in [3.8, 4) is 11.1 Å². The summed E-state index contributed by atoms with van der Waals surface area (Å²) >= 11 is 0. The second-order valence-corrected chi connectivity index (χ2v) is 8.57. The van der Waals surface area contributed by atoms with Crippen molar-refractivity contribution in [3.05, 3.63) is 54.4 Å². The maximum Gasteiger partial charge on any atom is 0.0931 e. The van der Waals surface area contributed by atoms with Crippen LogP contribution in [0.1, 0.15) is 45.1 Å². The predicted molar refractivity (Wildman–Crippen MR) is 109 cm³/mol. The first-order valence-electron chi connectivity index (χ1n) is 9.82. The Labute approximate surface area is 156 Å². The van der Waals surface area contributed by atoms with Gasteiger partial charge in [-0.1, -0.05) is 44.2 Å². The summed E-state index contributed by atoms with van der Waals surface area (Å²) in [5.41, 5.74) is 6.49. The van der Waals surface area contributed by atoms with Gasteiger partial charge in [0.1, 0.15) is 0 Å². The number of rotatable bonds is 5. The lowest BCUT2D eigenvalue weighted by molar-refractivity contribution is 0.188. The van der Waals surface area contributed by atoms with E-state index in [1.54, 1.807) is 6.33 Å². The van der Waals surface area contributed by atoms with Gasteiger partial charge in [-0.3, -0.25) is 0 Å². The molecule has 1 heterocycles. The number of H-pyrrole nitrogens is 1. The summed E-state index contributed by atoms with van der Waals surface area (Å²) < 4.78 is 0. The van der Waals surface area contributed by atoms with Crippen LogP contribution in [0, 0.1) is 11.3 Å². The molecule has 1 aliphatic carbocycles. The van der Waals surface area contributed by atoms with Crippen LogP contribution in [0.4, 0.5) is 0 Å². The third kappa shape index (κ3) is 3.99. The number of fused-ring (bicyclic) bond motifs is 1. The fourth-order valence-corrected chi connectivity index (χ4v) is 4.01. The molecule has 2 aromatic carbocycles. The van der Waals surface area contributed by atoms with E-state index in [0.717, 1.165) is 30.0 Å². The Morgan fingerprint density at radius 1 is 1.04 bits per heavy atom. The molecule has 3 aromatic rings. The first-order chi connectivity index (χ1) is 12.6. The van der Waals surface area contributed by atoms with Gasteiger partial charge < -0.3 is 10.3 Å². The fraction of sp³-hybridized carbons (Fsp3) is 0.435. The van der Waals surface area contributed by atoms with Gasteiger partial charge in [-0.15, -0.1) is 0 Å². The summed E-state index contributed by atoms with van der Waals surface area (Å²) in [6.45, 7) is 6.92. The van der Waals surface area contributed by atoms with Crippen molar-refractivity contribution < 1.29 is 0 Å². The molecule has 1 fully saturated rings. The van der Waals surface area contributed by atoms with Crippen molar-refractivity contribution in [1.29, 1.82) is 0 Å². The predicted octanol–water partition coefficient (Wildman–Crippen LogP) is 5.54. The molecule has 136 valence electrons. The summed E-state index contributed by atoms with van der Waals surface area (Å²) in [6, 6.07) is 15.3. The number of aromatic amines is 1. The molecule has 3 heteroatoms. The minimum absolute atomic E-state index is 0.561. The van der Waals surface area contributed by atoms with Crippen molar-refractivity contribution in [1.82, 2.24) is 15.3 Å². The van der Waals surface area contributed by atoms with Gasteiger partial charge in [0.05, 0.1) is 17.4 Å². The van der Waals surface area contributed by atoms with Gasteiger partial charge in [-0.2, -0.15) is 0 Å². The molecule has 0 unspecified atom stereocenters. The third-order valence-electron chi connectivity index (χ3n) is 5.93. The monoisotopic (exact) mass is 347 g/mol. The van der Waals surface area contributed by atoms with Crippen LogP contribution in [-0.2, 0) is 6.54 Å². The van der Waals surface area contributed by atoms with E-state index in [1.165, 1.54) is 42.4 Å². The summed E-state index contributed by atoms with van der Waals surface area (Å²) in [6.07, 6.45) is 7.23. The van der Waals surface area contributed by atoms with Crippen molar-refractivity contribution in [2.75, 3.05) is 6.54 Å². The number of benzene rings is 2. The molecule has 0 spiro atoms. The zero-order chi connectivity index (χ0) is 18.0. The average molecular weight is 348 g/mol. The van der Waals surface area contributed by atoms with Gasteiger partial charge >= 0.3 is 0 Å². The first-order valence-corrected chi connectivity index (χ1v) is 9.82. The van der Waals surface area contributed by atoms with Crippen molar-refractivity contribution in [2.24, 2.45) is 11.3 Å². The highest BCUT2D eigenvalue weighted by Crippen LogP contribution is 2.37. The Balaban J connectivity index is 1.31. The lowest BCUT2D eigenvalue weighted by Gasteiger charge is -2.34. The Hall–Kier alpha value is -2.13. The summed E-state index contributed by atoms with van der Waals surface area (Å²) in [5, 5.41) is 3.67. The normalized spacial score (nSPS) is 17.6. The molecule has 2 N–H and O–H groups in total. The number of hydrogen-bond acceptors (Lipinski definition) is 2. The molecular formula is C23H29N3. The highest BCUT2D eigenvalue weighted by atomic mass is 14.9. The summed E-state index contributed by atoms with van der Waals surface area (Å²) in [4.78, 5) is 7.47. The second kappa shape index (κ2) is 7.24. The quantitative estimate of drug-likeness (QED) is 0.636. The molecule has 0 atom stereocenters. The average Bonchev–Trinajstić information content (AvgIpc) is 3.11. The Morgan fingerprint density at radius 2 is 1.77 bits per heavy atom. The van der Waals surface area contributed by atoms with Gasteiger partial charge in [0.2, 0.25) is 0 Å². The number of nitrogens with one attached hydrogen (secondary N) is 2. The zero-order valence-corrected chi connectivity index (χ0v) is 15.9. The highest BCUT2D eigenvalue weighted by Gasteiger charge is 2.26. The lowest BCUT2D eigenvalue weighted by Crippen LogP contribution is -2.28. The summed E-state index contributed by atoms with van der Waals surface area (Å²) in [5.74, 6) is 0.850. The number of nitrogens with zero attached hydrogens (tertiary/aromatic N) is 1. The van der Waals surface area contributed by atoms with Crippen LogP contribution in [-0.4, -0.2) is 16.5 Å². The van der Waals surface area contributed by atoms with E-state index in [4.69, 9.17) is 0 Å². The molecule has 3 nitrogen and oxygen atoms in total. The Kier molecular flexibility index (Phi) is 4.82. The number of aromatic nitrogens is 2. The van der Waals surface area contributed by atoms with Gasteiger partial charge in [-0.25, -0.2) is 4.98 Å². The Morgan fingerprint density at radius 3 is 2.54 bits per heavy atom. The van der Waals surface area contributed by atoms with E-state index in [9.17, 15) is 0 Å². The van der Waals surface area contributed by atoms with Crippen LogP contribution in [0.5, 0.6) is 0 Å². The van der Waals surface area contributed by atoms with Crippen molar-refractivity contribution >= 4 is 11.0 Å². The van der Waals surface area contributed by atoms with Gasteiger partial charge in [0, 0.05) is 6.54 Å². The molecule has 4 rings (SSSR count). The molecule has 0 amide bonds. The molecule has 1 saturated carbocycles. The first kappa shape index (κ1) is 17.3. The van der Waals surface area contributed by atoms with E-state index in [2.05, 4.69) is 71.6 Å². The van der Waals surface area contributed by atoms with Crippen molar-refractivity contribution in [3.63, 3.8) is 0 Å². The highest BCUT2D eigenvalue weighted by molar-refractivity contribution is 5.81. The minimum atomic E-state index is 0.561.